The molecule has 0 radical (unpaired) electrons. The van der Waals surface area contributed by atoms with Crippen LogP contribution in [0, 0.1) is 0 Å². The van der Waals surface area contributed by atoms with E-state index in [9.17, 15) is 4.79 Å². The largest absolute Gasteiger partial charge is 0.467 e. The molecule has 1 amide bonds. The third-order valence-electron chi connectivity index (χ3n) is 5.89. The Balaban J connectivity index is 1.39. The van der Waals surface area contributed by atoms with E-state index in [0.29, 0.717) is 11.4 Å². The molecule has 2 aromatic heterocycles. The Morgan fingerprint density at radius 1 is 1.19 bits per heavy atom. The first-order valence-corrected chi connectivity index (χ1v) is 12.1. The van der Waals surface area contributed by atoms with Crippen molar-refractivity contribution < 1.29 is 9.21 Å². The average molecular weight is 470 g/mol. The molecule has 0 saturated carbocycles. The number of amides is 1. The van der Waals surface area contributed by atoms with Gasteiger partial charge < -0.3 is 8.98 Å². The first-order chi connectivity index (χ1) is 15.6. The second kappa shape index (κ2) is 9.11. The summed E-state index contributed by atoms with van der Waals surface area (Å²) >= 11 is 7.49. The molecule has 1 aromatic carbocycles. The number of fused-ring (bicyclic) bond motifs is 1. The Hall–Kier alpha value is -2.58. The molecule has 5 rings (SSSR count). The highest BCUT2D eigenvalue weighted by Crippen LogP contribution is 2.36. The number of hydrazone groups is 1. The van der Waals surface area contributed by atoms with Crippen LogP contribution in [0.25, 0.3) is 0 Å². The molecule has 0 spiro atoms. The Morgan fingerprint density at radius 3 is 2.81 bits per heavy atom. The number of thioether (sulfide) groups is 1. The van der Waals surface area contributed by atoms with Crippen LogP contribution in [-0.2, 0) is 17.8 Å². The zero-order valence-corrected chi connectivity index (χ0v) is 19.3. The molecular weight excluding hydrogens is 446 g/mol. The molecule has 0 aliphatic carbocycles. The number of furan rings is 1. The molecule has 7 nitrogen and oxygen atoms in total. The van der Waals surface area contributed by atoms with Gasteiger partial charge >= 0.3 is 0 Å². The molecule has 2 aliphatic heterocycles. The topological polar surface area (TPSA) is 76.5 Å². The Morgan fingerprint density at radius 2 is 2.03 bits per heavy atom. The number of aryl methyl sites for hydroxylation is 1. The summed E-state index contributed by atoms with van der Waals surface area (Å²) in [5.41, 5.74) is 1.79. The summed E-state index contributed by atoms with van der Waals surface area (Å²) in [5, 5.41) is 16.1. The number of rotatable bonds is 5. The van der Waals surface area contributed by atoms with Crippen molar-refractivity contribution in [1.82, 2.24) is 19.8 Å². The van der Waals surface area contributed by atoms with E-state index in [1.807, 2.05) is 43.3 Å². The maximum Gasteiger partial charge on any atom is 0.256 e. The van der Waals surface area contributed by atoms with Gasteiger partial charge in [0.1, 0.15) is 17.6 Å². The Bertz CT molecular complexity index is 1130. The summed E-state index contributed by atoms with van der Waals surface area (Å²) in [6, 6.07) is 11.0. The molecule has 0 N–H and O–H groups in total. The van der Waals surface area contributed by atoms with E-state index in [2.05, 4.69) is 14.8 Å². The van der Waals surface area contributed by atoms with Crippen LogP contribution >= 0.6 is 23.4 Å². The van der Waals surface area contributed by atoms with Gasteiger partial charge in [0.15, 0.2) is 5.16 Å². The molecule has 0 saturated heterocycles. The molecule has 4 heterocycles. The van der Waals surface area contributed by atoms with Crippen LogP contribution in [0.3, 0.4) is 0 Å². The van der Waals surface area contributed by atoms with Crippen LogP contribution in [0.5, 0.6) is 0 Å². The molecule has 3 aromatic rings. The van der Waals surface area contributed by atoms with Gasteiger partial charge in [-0.1, -0.05) is 41.9 Å². The van der Waals surface area contributed by atoms with Crippen molar-refractivity contribution in [3.05, 3.63) is 64.8 Å². The van der Waals surface area contributed by atoms with Gasteiger partial charge in [0.05, 0.1) is 17.2 Å². The summed E-state index contributed by atoms with van der Waals surface area (Å²) in [4.78, 5) is 13.5. The summed E-state index contributed by atoms with van der Waals surface area (Å²) in [7, 11) is 0. The van der Waals surface area contributed by atoms with Gasteiger partial charge in [-0.15, -0.1) is 10.2 Å². The number of aromatic nitrogens is 3. The zero-order chi connectivity index (χ0) is 22.1. The standard InChI is InChI=1S/C23H24ClN5O2S/c1-15(32-23-26-25-21-7-3-2-4-12-28(21)23)22(30)29-19(20-6-5-13-31-20)14-18(27-29)16-8-10-17(24)11-9-16/h5-6,8-11,13,15,19H,2-4,7,12,14H2,1H3/t15-,19+/m1/s1. The van der Waals surface area contributed by atoms with Gasteiger partial charge in [-0.25, -0.2) is 5.01 Å². The first kappa shape index (κ1) is 21.3. The minimum atomic E-state index is -0.364. The Kier molecular flexibility index (Phi) is 6.06. The lowest BCUT2D eigenvalue weighted by atomic mass is 10.0. The van der Waals surface area contributed by atoms with Crippen molar-refractivity contribution in [3.8, 4) is 0 Å². The normalized spacial score (nSPS) is 19.4. The van der Waals surface area contributed by atoms with E-state index in [1.165, 1.54) is 18.2 Å². The molecule has 0 unspecified atom stereocenters. The number of carbonyl (C=O) groups is 1. The van der Waals surface area contributed by atoms with E-state index in [0.717, 1.165) is 53.8 Å². The highest BCUT2D eigenvalue weighted by molar-refractivity contribution is 8.00. The third-order valence-corrected chi connectivity index (χ3v) is 7.21. The van der Waals surface area contributed by atoms with E-state index >= 15 is 0 Å². The van der Waals surface area contributed by atoms with Crippen molar-refractivity contribution in [3.63, 3.8) is 0 Å². The second-order valence-electron chi connectivity index (χ2n) is 8.09. The van der Waals surface area contributed by atoms with Crippen molar-refractivity contribution in [1.29, 1.82) is 0 Å². The quantitative estimate of drug-likeness (QED) is 0.485. The van der Waals surface area contributed by atoms with Gasteiger partial charge in [-0.2, -0.15) is 5.10 Å². The van der Waals surface area contributed by atoms with Gasteiger partial charge in [-0.05, 0) is 49.6 Å². The fourth-order valence-electron chi connectivity index (χ4n) is 4.17. The molecule has 9 heteroatoms. The molecule has 0 fully saturated rings. The van der Waals surface area contributed by atoms with Crippen LogP contribution in [0.4, 0.5) is 0 Å². The van der Waals surface area contributed by atoms with Crippen LogP contribution in [0.1, 0.15) is 55.8 Å². The monoisotopic (exact) mass is 469 g/mol. The lowest BCUT2D eigenvalue weighted by Crippen LogP contribution is -2.33. The Labute approximate surface area is 195 Å². The van der Waals surface area contributed by atoms with Crippen molar-refractivity contribution in [2.24, 2.45) is 5.10 Å². The predicted molar refractivity (Wildman–Crippen MR) is 124 cm³/mol. The summed E-state index contributed by atoms with van der Waals surface area (Å²) in [6.45, 7) is 2.81. The molecule has 0 bridgehead atoms. The van der Waals surface area contributed by atoms with E-state index < -0.39 is 0 Å². The van der Waals surface area contributed by atoms with Crippen molar-refractivity contribution >= 4 is 35.0 Å². The average Bonchev–Trinajstić information content (AvgIpc) is 3.51. The third kappa shape index (κ3) is 4.21. The van der Waals surface area contributed by atoms with Crippen LogP contribution < -0.4 is 0 Å². The maximum absolute atomic E-state index is 13.5. The number of hydrogen-bond acceptors (Lipinski definition) is 6. The van der Waals surface area contributed by atoms with Crippen molar-refractivity contribution in [2.45, 2.75) is 62.0 Å². The smallest absolute Gasteiger partial charge is 0.256 e. The van der Waals surface area contributed by atoms with Gasteiger partial charge in [0, 0.05) is 24.4 Å². The van der Waals surface area contributed by atoms with Crippen LogP contribution in [0.2, 0.25) is 5.02 Å². The molecule has 166 valence electrons. The van der Waals surface area contributed by atoms with E-state index in [4.69, 9.17) is 21.1 Å². The van der Waals surface area contributed by atoms with Crippen molar-refractivity contribution in [2.75, 3.05) is 0 Å². The lowest BCUT2D eigenvalue weighted by molar-refractivity contribution is -0.132. The van der Waals surface area contributed by atoms with Gasteiger partial charge in [0.2, 0.25) is 0 Å². The minimum Gasteiger partial charge on any atom is -0.467 e. The molecule has 2 aliphatic rings. The maximum atomic E-state index is 13.5. The number of nitrogens with zero attached hydrogens (tertiary/aromatic N) is 5. The van der Waals surface area contributed by atoms with Crippen LogP contribution in [0.15, 0.2) is 57.3 Å². The molecule has 32 heavy (non-hydrogen) atoms. The van der Waals surface area contributed by atoms with Gasteiger partial charge in [-0.3, -0.25) is 4.79 Å². The van der Waals surface area contributed by atoms with Crippen LogP contribution in [-0.4, -0.2) is 36.6 Å². The lowest BCUT2D eigenvalue weighted by Gasteiger charge is -2.22. The molecule has 2 atom stereocenters. The second-order valence-corrected chi connectivity index (χ2v) is 9.84. The highest BCUT2D eigenvalue weighted by atomic mass is 35.5. The summed E-state index contributed by atoms with van der Waals surface area (Å²) in [5.74, 6) is 1.66. The number of benzene rings is 1. The minimum absolute atomic E-state index is 0.0775. The number of halogens is 1. The fraction of sp³-hybridized carbons (Fsp3) is 0.391. The van der Waals surface area contributed by atoms with Gasteiger partial charge in [0.25, 0.3) is 5.91 Å². The fourth-order valence-corrected chi connectivity index (χ4v) is 5.24. The first-order valence-electron chi connectivity index (χ1n) is 10.9. The zero-order valence-electron chi connectivity index (χ0n) is 17.8. The summed E-state index contributed by atoms with van der Waals surface area (Å²) in [6.07, 6.45) is 6.60. The predicted octanol–water partition coefficient (Wildman–Crippen LogP) is 5.11. The van der Waals surface area contributed by atoms with E-state index in [-0.39, 0.29) is 17.2 Å². The van der Waals surface area contributed by atoms with E-state index in [1.54, 1.807) is 11.3 Å². The SMILES string of the molecule is C[C@@H](Sc1nnc2n1CCCCC2)C(=O)N1N=C(c2ccc(Cl)cc2)C[C@H]1c1ccco1. The number of hydrogen-bond donors (Lipinski definition) is 0. The highest BCUT2D eigenvalue weighted by Gasteiger charge is 2.37. The number of carbonyl (C=O) groups excluding carboxylic acids is 1. The molecular formula is C23H24ClN5O2S. The summed E-state index contributed by atoms with van der Waals surface area (Å²) < 4.78 is 7.82.